The fraction of sp³-hybridized carbons (Fsp3) is 0.278. The average Bonchev–Trinajstić information content (AvgIpc) is 2.63. The number of benzene rings is 1. The van der Waals surface area contributed by atoms with Crippen LogP contribution in [0.2, 0.25) is 0 Å². The highest BCUT2D eigenvalue weighted by Crippen LogP contribution is 2.09. The summed E-state index contributed by atoms with van der Waals surface area (Å²) in [6.45, 7) is 1.03. The molecule has 2 rings (SSSR count). The van der Waals surface area contributed by atoms with Crippen molar-refractivity contribution < 1.29 is 14.3 Å². The molecule has 126 valence electrons. The second-order valence-electron chi connectivity index (χ2n) is 5.16. The van der Waals surface area contributed by atoms with Gasteiger partial charge in [-0.25, -0.2) is 0 Å². The summed E-state index contributed by atoms with van der Waals surface area (Å²) in [7, 11) is 1.32. The first-order valence-corrected chi connectivity index (χ1v) is 7.78. The van der Waals surface area contributed by atoms with Gasteiger partial charge in [-0.1, -0.05) is 6.07 Å². The zero-order valence-corrected chi connectivity index (χ0v) is 13.6. The second-order valence-corrected chi connectivity index (χ2v) is 5.16. The molecule has 0 fully saturated rings. The van der Waals surface area contributed by atoms with E-state index in [4.69, 9.17) is 0 Å². The van der Waals surface area contributed by atoms with Gasteiger partial charge in [0.15, 0.2) is 0 Å². The third-order valence-corrected chi connectivity index (χ3v) is 3.43. The van der Waals surface area contributed by atoms with E-state index >= 15 is 0 Å². The van der Waals surface area contributed by atoms with Crippen molar-refractivity contribution >= 4 is 17.6 Å². The molecular formula is C18H21N3O3. The van der Waals surface area contributed by atoms with Crippen molar-refractivity contribution in [2.24, 2.45) is 0 Å². The zero-order chi connectivity index (χ0) is 17.2. The van der Waals surface area contributed by atoms with Gasteiger partial charge < -0.3 is 15.4 Å². The Bertz CT molecular complexity index is 657. The van der Waals surface area contributed by atoms with Gasteiger partial charge in [0.2, 0.25) is 0 Å². The van der Waals surface area contributed by atoms with Crippen molar-refractivity contribution in [3.05, 3.63) is 59.9 Å². The number of methoxy groups -OCH3 is 1. The molecule has 0 saturated heterocycles. The van der Waals surface area contributed by atoms with E-state index in [-0.39, 0.29) is 24.8 Å². The predicted molar refractivity (Wildman–Crippen MR) is 91.8 cm³/mol. The number of pyridine rings is 1. The number of aromatic nitrogens is 1. The van der Waals surface area contributed by atoms with E-state index in [1.54, 1.807) is 18.3 Å². The Morgan fingerprint density at radius 3 is 2.54 bits per heavy atom. The number of anilines is 1. The minimum Gasteiger partial charge on any atom is -0.469 e. The lowest BCUT2D eigenvalue weighted by molar-refractivity contribution is -0.140. The molecule has 2 aromatic rings. The number of nitrogens with one attached hydrogen (secondary N) is 2. The topological polar surface area (TPSA) is 80.3 Å². The highest BCUT2D eigenvalue weighted by Gasteiger charge is 2.06. The Labute approximate surface area is 141 Å². The number of esters is 1. The summed E-state index contributed by atoms with van der Waals surface area (Å²) in [5.41, 5.74) is 2.53. The maximum Gasteiger partial charge on any atom is 0.307 e. The first-order chi connectivity index (χ1) is 11.7. The van der Waals surface area contributed by atoms with Gasteiger partial charge in [0.1, 0.15) is 0 Å². The number of ether oxygens (including phenoxy) is 1. The fourth-order valence-electron chi connectivity index (χ4n) is 2.10. The van der Waals surface area contributed by atoms with Gasteiger partial charge in [-0.3, -0.25) is 14.6 Å². The van der Waals surface area contributed by atoms with Crippen LogP contribution in [0.3, 0.4) is 0 Å². The molecule has 1 aromatic heterocycles. The third-order valence-electron chi connectivity index (χ3n) is 3.43. The molecule has 0 spiro atoms. The minimum atomic E-state index is -0.345. The standard InChI is InChI=1S/C18H21N3O3/c1-24-17(22)10-13-21-18(23)14-5-7-16(8-6-14)20-12-9-15-4-2-3-11-19-15/h2-8,11,20H,9-10,12-13H2,1H3,(H,21,23). The van der Waals surface area contributed by atoms with Crippen LogP contribution >= 0.6 is 0 Å². The molecule has 0 aliphatic heterocycles. The van der Waals surface area contributed by atoms with E-state index in [0.717, 1.165) is 24.3 Å². The predicted octanol–water partition coefficient (Wildman–Crippen LogP) is 2.03. The molecule has 1 heterocycles. The molecule has 1 amide bonds. The molecule has 2 N–H and O–H groups in total. The first-order valence-electron chi connectivity index (χ1n) is 7.78. The van der Waals surface area contributed by atoms with Crippen LogP contribution in [0.1, 0.15) is 22.5 Å². The minimum absolute atomic E-state index is 0.162. The summed E-state index contributed by atoms with van der Waals surface area (Å²) >= 11 is 0. The summed E-state index contributed by atoms with van der Waals surface area (Å²) in [6.07, 6.45) is 2.77. The van der Waals surface area contributed by atoms with Crippen LogP contribution in [-0.2, 0) is 16.0 Å². The molecule has 6 nitrogen and oxygen atoms in total. The summed E-state index contributed by atoms with van der Waals surface area (Å²) < 4.78 is 4.52. The van der Waals surface area contributed by atoms with Crippen molar-refractivity contribution in [2.75, 3.05) is 25.5 Å². The average molecular weight is 327 g/mol. The Morgan fingerprint density at radius 2 is 1.88 bits per heavy atom. The number of amides is 1. The summed E-state index contributed by atoms with van der Waals surface area (Å²) in [5.74, 6) is -0.554. The van der Waals surface area contributed by atoms with Gasteiger partial charge in [0, 0.05) is 42.7 Å². The highest BCUT2D eigenvalue weighted by molar-refractivity contribution is 5.94. The summed E-state index contributed by atoms with van der Waals surface area (Å²) in [5, 5.41) is 5.97. The number of nitrogens with zero attached hydrogens (tertiary/aromatic N) is 1. The quantitative estimate of drug-likeness (QED) is 0.725. The Morgan fingerprint density at radius 1 is 1.08 bits per heavy atom. The number of rotatable bonds is 8. The maximum absolute atomic E-state index is 11.9. The van der Waals surface area contributed by atoms with Gasteiger partial charge in [0.25, 0.3) is 5.91 Å². The normalized spacial score (nSPS) is 10.0. The molecule has 24 heavy (non-hydrogen) atoms. The Balaban J connectivity index is 1.75. The smallest absolute Gasteiger partial charge is 0.307 e. The van der Waals surface area contributed by atoms with Crippen LogP contribution < -0.4 is 10.6 Å². The van der Waals surface area contributed by atoms with E-state index < -0.39 is 0 Å². The molecule has 0 radical (unpaired) electrons. The van der Waals surface area contributed by atoms with E-state index in [1.807, 2.05) is 30.3 Å². The van der Waals surface area contributed by atoms with Crippen molar-refractivity contribution in [3.63, 3.8) is 0 Å². The molecule has 0 bridgehead atoms. The van der Waals surface area contributed by atoms with Crippen LogP contribution in [0.25, 0.3) is 0 Å². The maximum atomic E-state index is 11.9. The van der Waals surface area contributed by atoms with Crippen molar-refractivity contribution in [3.8, 4) is 0 Å². The van der Waals surface area contributed by atoms with Gasteiger partial charge >= 0.3 is 5.97 Å². The van der Waals surface area contributed by atoms with E-state index in [9.17, 15) is 9.59 Å². The molecule has 0 saturated carbocycles. The SMILES string of the molecule is COC(=O)CCNC(=O)c1ccc(NCCc2ccccn2)cc1. The van der Waals surface area contributed by atoms with Gasteiger partial charge in [-0.15, -0.1) is 0 Å². The monoisotopic (exact) mass is 327 g/mol. The van der Waals surface area contributed by atoms with E-state index in [1.165, 1.54) is 7.11 Å². The lowest BCUT2D eigenvalue weighted by atomic mass is 10.2. The zero-order valence-electron chi connectivity index (χ0n) is 13.6. The number of hydrogen-bond donors (Lipinski definition) is 2. The third kappa shape index (κ3) is 5.72. The molecule has 0 aliphatic carbocycles. The summed E-state index contributed by atoms with van der Waals surface area (Å²) in [6, 6.07) is 13.1. The Kier molecular flexibility index (Phi) is 6.76. The lowest BCUT2D eigenvalue weighted by Crippen LogP contribution is -2.26. The largest absolute Gasteiger partial charge is 0.469 e. The van der Waals surface area contributed by atoms with Crippen LogP contribution in [0.15, 0.2) is 48.7 Å². The fourth-order valence-corrected chi connectivity index (χ4v) is 2.10. The molecule has 0 atom stereocenters. The Hall–Kier alpha value is -2.89. The lowest BCUT2D eigenvalue weighted by Gasteiger charge is -2.08. The van der Waals surface area contributed by atoms with E-state index in [2.05, 4.69) is 20.4 Å². The second kappa shape index (κ2) is 9.29. The van der Waals surface area contributed by atoms with E-state index in [0.29, 0.717) is 5.56 Å². The summed E-state index contributed by atoms with van der Waals surface area (Å²) in [4.78, 5) is 27.2. The van der Waals surface area contributed by atoms with Gasteiger partial charge in [-0.05, 0) is 36.4 Å². The highest BCUT2D eigenvalue weighted by atomic mass is 16.5. The molecule has 1 aromatic carbocycles. The number of carbonyl (C=O) groups excluding carboxylic acids is 2. The van der Waals surface area contributed by atoms with Gasteiger partial charge in [-0.2, -0.15) is 0 Å². The molecule has 0 aliphatic rings. The van der Waals surface area contributed by atoms with Crippen LogP contribution in [0.5, 0.6) is 0 Å². The molecule has 0 unspecified atom stereocenters. The van der Waals surface area contributed by atoms with Gasteiger partial charge in [0.05, 0.1) is 13.5 Å². The molecular weight excluding hydrogens is 306 g/mol. The van der Waals surface area contributed by atoms with Crippen LogP contribution in [0.4, 0.5) is 5.69 Å². The number of hydrogen-bond acceptors (Lipinski definition) is 5. The number of carbonyl (C=O) groups is 2. The first kappa shape index (κ1) is 17.5. The molecule has 6 heteroatoms. The van der Waals surface area contributed by atoms with Crippen molar-refractivity contribution in [2.45, 2.75) is 12.8 Å². The van der Waals surface area contributed by atoms with Crippen LogP contribution in [-0.4, -0.2) is 37.1 Å². The van der Waals surface area contributed by atoms with Crippen LogP contribution in [0, 0.1) is 0 Å². The van der Waals surface area contributed by atoms with Crippen molar-refractivity contribution in [1.82, 2.24) is 10.3 Å². The van der Waals surface area contributed by atoms with Crippen molar-refractivity contribution in [1.29, 1.82) is 0 Å².